The summed E-state index contributed by atoms with van der Waals surface area (Å²) in [5.41, 5.74) is 3.59. The second kappa shape index (κ2) is 10.8. The van der Waals surface area contributed by atoms with Crippen LogP contribution in [-0.4, -0.2) is 29.4 Å². The fourth-order valence-corrected chi connectivity index (χ4v) is 4.92. The first kappa shape index (κ1) is 25.4. The first-order valence-electron chi connectivity index (χ1n) is 12.4. The molecule has 2 N–H and O–H groups in total. The molecule has 5 nitrogen and oxygen atoms in total. The van der Waals surface area contributed by atoms with Gasteiger partial charge in [0, 0.05) is 17.0 Å². The van der Waals surface area contributed by atoms with Crippen LogP contribution >= 0.6 is 0 Å². The number of carbonyl (C=O) groups is 1. The third-order valence-corrected chi connectivity index (χ3v) is 6.75. The molecule has 182 valence electrons. The number of phenolic OH excluding ortho intramolecular Hbond substituents is 1. The summed E-state index contributed by atoms with van der Waals surface area (Å²) in [6.07, 6.45) is 8.75. The van der Waals surface area contributed by atoms with Gasteiger partial charge in [-0.2, -0.15) is 0 Å². The van der Waals surface area contributed by atoms with E-state index in [0.717, 1.165) is 62.7 Å². The maximum absolute atomic E-state index is 12.9. The molecular weight excluding hydrogens is 414 g/mol. The summed E-state index contributed by atoms with van der Waals surface area (Å²) < 4.78 is 11.2. The summed E-state index contributed by atoms with van der Waals surface area (Å²) in [6, 6.07) is 3.78. The van der Waals surface area contributed by atoms with Gasteiger partial charge >= 0.3 is 6.09 Å². The molecule has 0 aromatic heterocycles. The Kier molecular flexibility index (Phi) is 8.28. The number of rotatable bonds is 10. The van der Waals surface area contributed by atoms with E-state index in [4.69, 9.17) is 9.47 Å². The first-order valence-corrected chi connectivity index (χ1v) is 12.4. The van der Waals surface area contributed by atoms with Crippen molar-refractivity contribution in [3.8, 4) is 11.5 Å². The zero-order chi connectivity index (χ0) is 24.2. The number of nitrogens with one attached hydrogen (secondary N) is 1. The quantitative estimate of drug-likeness (QED) is 0.231. The molecule has 33 heavy (non-hydrogen) atoms. The van der Waals surface area contributed by atoms with Crippen molar-refractivity contribution < 1.29 is 19.4 Å². The SMILES string of the molecule is C=C(C)[C@@H]1CCC(C)=C[C@H]1c1c(O)cc(CCCCC)cc1OC(=O)NC(C)(C)CC1CO1. The van der Waals surface area contributed by atoms with Gasteiger partial charge in [0.1, 0.15) is 11.5 Å². The normalized spacial score (nSPS) is 22.5. The van der Waals surface area contributed by atoms with Gasteiger partial charge in [-0.3, -0.25) is 0 Å². The molecule has 1 saturated heterocycles. The molecule has 3 rings (SSSR count). The van der Waals surface area contributed by atoms with Crippen molar-refractivity contribution in [2.24, 2.45) is 5.92 Å². The van der Waals surface area contributed by atoms with Crippen molar-refractivity contribution in [3.05, 3.63) is 47.1 Å². The van der Waals surface area contributed by atoms with Crippen LogP contribution in [0.3, 0.4) is 0 Å². The van der Waals surface area contributed by atoms with E-state index in [1.807, 2.05) is 32.9 Å². The van der Waals surface area contributed by atoms with Crippen LogP contribution in [-0.2, 0) is 11.2 Å². The summed E-state index contributed by atoms with van der Waals surface area (Å²) in [4.78, 5) is 12.9. The summed E-state index contributed by atoms with van der Waals surface area (Å²) in [6.45, 7) is 15.2. The number of epoxide rings is 1. The summed E-state index contributed by atoms with van der Waals surface area (Å²) >= 11 is 0. The fourth-order valence-electron chi connectivity index (χ4n) is 4.92. The number of phenols is 1. The largest absolute Gasteiger partial charge is 0.507 e. The highest BCUT2D eigenvalue weighted by Gasteiger charge is 2.34. The standard InChI is InChI=1S/C28H41NO4/c1-7-8-9-10-20-14-24(30)26(23-13-19(4)11-12-22(23)18(2)3)25(15-20)33-27(31)29-28(5,6)16-21-17-32-21/h13-15,21-23,30H,2,7-12,16-17H2,1,3-6H3,(H,29,31)/t21?,22-,23+/m0/s1. The summed E-state index contributed by atoms with van der Waals surface area (Å²) in [5, 5.41) is 14.1. The van der Waals surface area contributed by atoms with Gasteiger partial charge in [-0.15, -0.1) is 0 Å². The zero-order valence-corrected chi connectivity index (χ0v) is 21.0. The van der Waals surface area contributed by atoms with Gasteiger partial charge in [-0.1, -0.05) is 43.6 Å². The zero-order valence-electron chi connectivity index (χ0n) is 21.0. The minimum Gasteiger partial charge on any atom is -0.507 e. The predicted molar refractivity (Wildman–Crippen MR) is 133 cm³/mol. The van der Waals surface area contributed by atoms with Crippen LogP contribution in [0.4, 0.5) is 4.79 Å². The minimum absolute atomic E-state index is 0.0726. The molecule has 3 atom stereocenters. The Hall–Kier alpha value is -2.27. The number of carbonyl (C=O) groups excluding carboxylic acids is 1. The van der Waals surface area contributed by atoms with E-state index in [9.17, 15) is 9.90 Å². The lowest BCUT2D eigenvalue weighted by Crippen LogP contribution is -2.45. The Morgan fingerprint density at radius 1 is 1.33 bits per heavy atom. The van der Waals surface area contributed by atoms with E-state index in [-0.39, 0.29) is 23.7 Å². The van der Waals surface area contributed by atoms with Crippen molar-refractivity contribution in [1.82, 2.24) is 5.32 Å². The Labute approximate surface area is 199 Å². The molecule has 1 unspecified atom stereocenters. The van der Waals surface area contributed by atoms with E-state index < -0.39 is 11.6 Å². The first-order chi connectivity index (χ1) is 15.6. The molecule has 0 saturated carbocycles. The van der Waals surface area contributed by atoms with Gasteiger partial charge in [0.25, 0.3) is 0 Å². The van der Waals surface area contributed by atoms with Crippen molar-refractivity contribution in [1.29, 1.82) is 0 Å². The number of aromatic hydroxyl groups is 1. The highest BCUT2D eigenvalue weighted by molar-refractivity contribution is 5.72. The maximum Gasteiger partial charge on any atom is 0.413 e. The van der Waals surface area contributed by atoms with E-state index in [1.165, 1.54) is 5.57 Å². The summed E-state index contributed by atoms with van der Waals surface area (Å²) in [7, 11) is 0. The molecule has 2 aliphatic rings. The number of hydrogen-bond acceptors (Lipinski definition) is 4. The monoisotopic (exact) mass is 455 g/mol. The van der Waals surface area contributed by atoms with Gasteiger partial charge in [-0.05, 0) is 83.4 Å². The second-order valence-electron chi connectivity index (χ2n) is 10.6. The van der Waals surface area contributed by atoms with E-state index in [0.29, 0.717) is 11.3 Å². The topological polar surface area (TPSA) is 71.1 Å². The van der Waals surface area contributed by atoms with Crippen molar-refractivity contribution in [3.63, 3.8) is 0 Å². The number of allylic oxidation sites excluding steroid dienone is 3. The molecular formula is C28H41NO4. The average molecular weight is 456 g/mol. The van der Waals surface area contributed by atoms with Crippen LogP contribution in [0.5, 0.6) is 11.5 Å². The van der Waals surface area contributed by atoms with E-state index >= 15 is 0 Å². The van der Waals surface area contributed by atoms with Crippen molar-refractivity contribution in [2.75, 3.05) is 6.61 Å². The minimum atomic E-state index is -0.504. The number of unbranched alkanes of at least 4 members (excludes halogenated alkanes) is 2. The third kappa shape index (κ3) is 7.10. The van der Waals surface area contributed by atoms with Crippen molar-refractivity contribution in [2.45, 2.75) is 97.1 Å². The number of hydrogen-bond donors (Lipinski definition) is 2. The Balaban J connectivity index is 1.92. The molecule has 0 spiro atoms. The van der Waals surface area contributed by atoms with Gasteiger partial charge < -0.3 is 19.9 Å². The molecule has 1 fully saturated rings. The van der Waals surface area contributed by atoms with Crippen LogP contribution in [0.15, 0.2) is 35.9 Å². The molecule has 1 aromatic carbocycles. The molecule has 0 radical (unpaired) electrons. The number of aryl methyl sites for hydroxylation is 1. The highest BCUT2D eigenvalue weighted by atomic mass is 16.6. The Morgan fingerprint density at radius 3 is 2.70 bits per heavy atom. The van der Waals surface area contributed by atoms with Gasteiger partial charge in [0.2, 0.25) is 0 Å². The van der Waals surface area contributed by atoms with Crippen LogP contribution in [0.1, 0.15) is 90.2 Å². The van der Waals surface area contributed by atoms with Crippen LogP contribution < -0.4 is 10.1 Å². The maximum atomic E-state index is 12.9. The van der Waals surface area contributed by atoms with Crippen LogP contribution in [0, 0.1) is 5.92 Å². The smallest absolute Gasteiger partial charge is 0.413 e. The predicted octanol–water partition coefficient (Wildman–Crippen LogP) is 6.80. The Bertz CT molecular complexity index is 897. The Morgan fingerprint density at radius 2 is 2.06 bits per heavy atom. The second-order valence-corrected chi connectivity index (χ2v) is 10.6. The third-order valence-electron chi connectivity index (χ3n) is 6.75. The molecule has 0 bridgehead atoms. The number of benzene rings is 1. The highest BCUT2D eigenvalue weighted by Crippen LogP contribution is 2.47. The van der Waals surface area contributed by atoms with Gasteiger partial charge in [0.15, 0.2) is 0 Å². The molecule has 1 heterocycles. The van der Waals surface area contributed by atoms with E-state index in [2.05, 4.69) is 31.8 Å². The number of ether oxygens (including phenoxy) is 2. The molecule has 1 amide bonds. The van der Waals surface area contributed by atoms with Gasteiger partial charge in [0.05, 0.1) is 12.7 Å². The molecule has 1 aliphatic heterocycles. The molecule has 1 aliphatic carbocycles. The lowest BCUT2D eigenvalue weighted by molar-refractivity contribution is 0.183. The summed E-state index contributed by atoms with van der Waals surface area (Å²) in [5.74, 6) is 0.760. The van der Waals surface area contributed by atoms with Crippen molar-refractivity contribution >= 4 is 6.09 Å². The molecule has 1 aromatic rings. The van der Waals surface area contributed by atoms with E-state index in [1.54, 1.807) is 0 Å². The van der Waals surface area contributed by atoms with Crippen LogP contribution in [0.25, 0.3) is 0 Å². The van der Waals surface area contributed by atoms with Crippen LogP contribution in [0.2, 0.25) is 0 Å². The lowest BCUT2D eigenvalue weighted by atomic mass is 9.73. The number of amides is 1. The fraction of sp³-hybridized carbons (Fsp3) is 0.607. The van der Waals surface area contributed by atoms with Gasteiger partial charge in [-0.25, -0.2) is 4.79 Å². The average Bonchev–Trinajstić information content (AvgIpc) is 3.50. The molecule has 5 heteroatoms. The lowest BCUT2D eigenvalue weighted by Gasteiger charge is -2.32.